The Morgan fingerprint density at radius 3 is 2.24 bits per heavy atom. The van der Waals surface area contributed by atoms with Gasteiger partial charge >= 0.3 is 12.0 Å². The van der Waals surface area contributed by atoms with E-state index in [1.807, 2.05) is 0 Å². The number of anilines is 1. The molecule has 0 saturated carbocycles. The van der Waals surface area contributed by atoms with Gasteiger partial charge in [0.05, 0.1) is 19.0 Å². The van der Waals surface area contributed by atoms with Crippen LogP contribution in [-0.4, -0.2) is 35.4 Å². The van der Waals surface area contributed by atoms with Gasteiger partial charge in [-0.15, -0.1) is 0 Å². The SMILES string of the molecule is N=C(N)c1ccc(NC(=O)NCC(=O)NC(CC(=O)O)c2ccc(Cl)cc2)cc1. The molecule has 2 aromatic carbocycles. The third kappa shape index (κ3) is 7.15. The van der Waals surface area contributed by atoms with Crippen LogP contribution in [0.2, 0.25) is 5.02 Å². The summed E-state index contributed by atoms with van der Waals surface area (Å²) in [6.45, 7) is -0.346. The summed E-state index contributed by atoms with van der Waals surface area (Å²) in [7, 11) is 0. The van der Waals surface area contributed by atoms with Crippen molar-refractivity contribution in [2.24, 2.45) is 5.73 Å². The number of nitrogen functional groups attached to an aromatic ring is 1. The molecule has 10 heteroatoms. The van der Waals surface area contributed by atoms with Gasteiger partial charge in [0, 0.05) is 16.3 Å². The number of hydrogen-bond acceptors (Lipinski definition) is 4. The maximum atomic E-state index is 12.1. The number of carboxylic acid groups (broad SMARTS) is 1. The van der Waals surface area contributed by atoms with E-state index in [1.54, 1.807) is 48.5 Å². The number of aliphatic carboxylic acids is 1. The lowest BCUT2D eigenvalue weighted by Crippen LogP contribution is -2.40. The largest absolute Gasteiger partial charge is 0.481 e. The van der Waals surface area contributed by atoms with Gasteiger partial charge in [-0.2, -0.15) is 0 Å². The summed E-state index contributed by atoms with van der Waals surface area (Å²) >= 11 is 5.83. The number of amides is 3. The van der Waals surface area contributed by atoms with Crippen molar-refractivity contribution in [2.75, 3.05) is 11.9 Å². The summed E-state index contributed by atoms with van der Waals surface area (Å²) in [5.41, 5.74) is 6.92. The van der Waals surface area contributed by atoms with Crippen molar-refractivity contribution in [1.82, 2.24) is 10.6 Å². The normalized spacial score (nSPS) is 11.2. The van der Waals surface area contributed by atoms with Crippen molar-refractivity contribution in [3.8, 4) is 0 Å². The monoisotopic (exact) mass is 417 g/mol. The Morgan fingerprint density at radius 1 is 1.07 bits per heavy atom. The molecule has 2 aromatic rings. The standard InChI is InChI=1S/C19H20ClN5O4/c20-13-5-1-11(2-6-13)15(9-17(27)28)25-16(26)10-23-19(29)24-14-7-3-12(4-8-14)18(21)22/h1-8,15H,9-10H2,(H3,21,22)(H,25,26)(H,27,28)(H2,23,24,29). The number of carbonyl (C=O) groups is 3. The molecule has 0 radical (unpaired) electrons. The van der Waals surface area contributed by atoms with E-state index in [0.717, 1.165) is 0 Å². The second kappa shape index (κ2) is 10.1. The van der Waals surface area contributed by atoms with Gasteiger partial charge in [0.1, 0.15) is 5.84 Å². The molecule has 152 valence electrons. The van der Waals surface area contributed by atoms with Crippen LogP contribution in [0.1, 0.15) is 23.6 Å². The number of benzene rings is 2. The van der Waals surface area contributed by atoms with Crippen molar-refractivity contribution in [2.45, 2.75) is 12.5 Å². The van der Waals surface area contributed by atoms with Crippen LogP contribution in [0.15, 0.2) is 48.5 Å². The summed E-state index contributed by atoms with van der Waals surface area (Å²) in [4.78, 5) is 35.2. The summed E-state index contributed by atoms with van der Waals surface area (Å²) in [6, 6.07) is 11.4. The van der Waals surface area contributed by atoms with Gasteiger partial charge < -0.3 is 26.8 Å². The highest BCUT2D eigenvalue weighted by atomic mass is 35.5. The Balaban J connectivity index is 1.88. The smallest absolute Gasteiger partial charge is 0.319 e. The van der Waals surface area contributed by atoms with E-state index in [1.165, 1.54) is 0 Å². The zero-order valence-electron chi connectivity index (χ0n) is 15.2. The molecule has 0 saturated heterocycles. The Bertz CT molecular complexity index is 900. The quantitative estimate of drug-likeness (QED) is 0.286. The van der Waals surface area contributed by atoms with Gasteiger partial charge in [-0.25, -0.2) is 4.79 Å². The van der Waals surface area contributed by atoms with Crippen LogP contribution >= 0.6 is 11.6 Å². The van der Waals surface area contributed by atoms with Gasteiger partial charge in [-0.3, -0.25) is 15.0 Å². The van der Waals surface area contributed by atoms with Crippen LogP contribution in [-0.2, 0) is 9.59 Å². The molecular formula is C19H20ClN5O4. The molecule has 0 aromatic heterocycles. The second-order valence-electron chi connectivity index (χ2n) is 6.07. The Kier molecular flexibility index (Phi) is 7.55. The van der Waals surface area contributed by atoms with Crippen molar-refractivity contribution in [3.63, 3.8) is 0 Å². The van der Waals surface area contributed by atoms with E-state index in [2.05, 4.69) is 16.0 Å². The van der Waals surface area contributed by atoms with Crippen LogP contribution in [0, 0.1) is 5.41 Å². The Hall–Kier alpha value is -3.59. The zero-order chi connectivity index (χ0) is 21.4. The van der Waals surface area contributed by atoms with E-state index in [4.69, 9.17) is 27.9 Å². The van der Waals surface area contributed by atoms with Gasteiger partial charge in [0.2, 0.25) is 5.91 Å². The molecule has 0 aliphatic heterocycles. The van der Waals surface area contributed by atoms with E-state index in [9.17, 15) is 14.4 Å². The molecule has 0 bridgehead atoms. The van der Waals surface area contributed by atoms with Gasteiger partial charge in [-0.05, 0) is 42.0 Å². The van der Waals surface area contributed by atoms with Crippen LogP contribution in [0.3, 0.4) is 0 Å². The molecule has 1 atom stereocenters. The number of carboxylic acids is 1. The molecule has 1 unspecified atom stereocenters. The van der Waals surface area contributed by atoms with Gasteiger partial charge in [0.25, 0.3) is 0 Å². The first-order valence-corrected chi connectivity index (χ1v) is 8.88. The molecule has 0 aliphatic rings. The number of carbonyl (C=O) groups excluding carboxylic acids is 2. The number of rotatable bonds is 8. The lowest BCUT2D eigenvalue weighted by molar-refractivity contribution is -0.137. The fourth-order valence-corrected chi connectivity index (χ4v) is 2.56. The minimum absolute atomic E-state index is 0.0886. The topological polar surface area (TPSA) is 157 Å². The average molecular weight is 418 g/mol. The van der Waals surface area contributed by atoms with Crippen molar-refractivity contribution >= 4 is 41.0 Å². The van der Waals surface area contributed by atoms with Crippen molar-refractivity contribution in [3.05, 3.63) is 64.7 Å². The molecule has 29 heavy (non-hydrogen) atoms. The molecule has 3 amide bonds. The number of halogens is 1. The number of urea groups is 1. The summed E-state index contributed by atoms with van der Waals surface area (Å²) in [6.07, 6.45) is -0.317. The second-order valence-corrected chi connectivity index (χ2v) is 6.50. The molecule has 2 rings (SSSR count). The fraction of sp³-hybridized carbons (Fsp3) is 0.158. The Labute approximate surface area is 171 Å². The molecule has 0 aliphatic carbocycles. The van der Waals surface area contributed by atoms with Crippen LogP contribution in [0.4, 0.5) is 10.5 Å². The lowest BCUT2D eigenvalue weighted by atomic mass is 10.0. The Morgan fingerprint density at radius 2 is 1.69 bits per heavy atom. The molecular weight excluding hydrogens is 398 g/mol. The summed E-state index contributed by atoms with van der Waals surface area (Å²) < 4.78 is 0. The highest BCUT2D eigenvalue weighted by Crippen LogP contribution is 2.19. The highest BCUT2D eigenvalue weighted by molar-refractivity contribution is 6.30. The maximum absolute atomic E-state index is 12.1. The zero-order valence-corrected chi connectivity index (χ0v) is 16.0. The minimum atomic E-state index is -1.08. The predicted octanol–water partition coefficient (Wildman–Crippen LogP) is 2.08. The van der Waals surface area contributed by atoms with Crippen LogP contribution < -0.4 is 21.7 Å². The number of nitrogens with two attached hydrogens (primary N) is 1. The molecule has 7 N–H and O–H groups in total. The minimum Gasteiger partial charge on any atom is -0.481 e. The van der Waals surface area contributed by atoms with E-state index in [0.29, 0.717) is 21.8 Å². The van der Waals surface area contributed by atoms with E-state index in [-0.39, 0.29) is 18.8 Å². The maximum Gasteiger partial charge on any atom is 0.319 e. The summed E-state index contributed by atoms with van der Waals surface area (Å²) in [5, 5.41) is 24.4. The molecule has 0 spiro atoms. The third-order valence-corrected chi connectivity index (χ3v) is 4.10. The number of amidine groups is 1. The van der Waals surface area contributed by atoms with Crippen molar-refractivity contribution in [1.29, 1.82) is 5.41 Å². The average Bonchev–Trinajstić information content (AvgIpc) is 2.66. The fourth-order valence-electron chi connectivity index (χ4n) is 2.44. The van der Waals surface area contributed by atoms with Gasteiger partial charge in [0.15, 0.2) is 0 Å². The first kappa shape index (κ1) is 21.7. The lowest BCUT2D eigenvalue weighted by Gasteiger charge is -2.18. The summed E-state index contributed by atoms with van der Waals surface area (Å²) in [5.74, 6) is -1.72. The van der Waals surface area contributed by atoms with Crippen LogP contribution in [0.25, 0.3) is 0 Å². The van der Waals surface area contributed by atoms with Crippen LogP contribution in [0.5, 0.6) is 0 Å². The predicted molar refractivity (Wildman–Crippen MR) is 109 cm³/mol. The number of hydrogen-bond donors (Lipinski definition) is 6. The highest BCUT2D eigenvalue weighted by Gasteiger charge is 2.18. The molecule has 9 nitrogen and oxygen atoms in total. The van der Waals surface area contributed by atoms with E-state index >= 15 is 0 Å². The van der Waals surface area contributed by atoms with Crippen molar-refractivity contribution < 1.29 is 19.5 Å². The van der Waals surface area contributed by atoms with E-state index < -0.39 is 23.9 Å². The molecule has 0 heterocycles. The molecule has 0 fully saturated rings. The first-order valence-electron chi connectivity index (χ1n) is 8.50. The van der Waals surface area contributed by atoms with Gasteiger partial charge in [-0.1, -0.05) is 23.7 Å². The number of nitrogens with one attached hydrogen (secondary N) is 4. The first-order chi connectivity index (χ1) is 13.7. The third-order valence-electron chi connectivity index (χ3n) is 3.85.